The summed E-state index contributed by atoms with van der Waals surface area (Å²) in [5.41, 5.74) is 7.80. The minimum atomic E-state index is -0.301. The molecule has 0 saturated heterocycles. The summed E-state index contributed by atoms with van der Waals surface area (Å²) in [5.74, 6) is 0.198. The summed E-state index contributed by atoms with van der Waals surface area (Å²) in [6.07, 6.45) is 7.07. The molecule has 1 aliphatic carbocycles. The Morgan fingerprint density at radius 3 is 2.51 bits per heavy atom. The van der Waals surface area contributed by atoms with E-state index in [1.165, 1.54) is 72.7 Å². The molecule has 3 aliphatic rings. The van der Waals surface area contributed by atoms with Crippen molar-refractivity contribution >= 4 is 28.6 Å². The highest BCUT2D eigenvalue weighted by Crippen LogP contribution is 2.50. The zero-order valence-electron chi connectivity index (χ0n) is 23.6. The molecule has 0 unspecified atom stereocenters. The van der Waals surface area contributed by atoms with Crippen LogP contribution < -0.4 is 15.5 Å². The summed E-state index contributed by atoms with van der Waals surface area (Å²) >= 11 is 0. The van der Waals surface area contributed by atoms with Crippen LogP contribution in [0.2, 0.25) is 0 Å². The van der Waals surface area contributed by atoms with Gasteiger partial charge in [-0.1, -0.05) is 43.5 Å². The number of benzene rings is 2. The number of ether oxygens (including phenoxy) is 1. The van der Waals surface area contributed by atoms with Gasteiger partial charge in [0.05, 0.1) is 30.1 Å². The molecule has 2 aliphatic heterocycles. The highest BCUT2D eigenvalue weighted by Gasteiger charge is 2.35. The Morgan fingerprint density at radius 1 is 0.974 bits per heavy atom. The molecule has 2 aromatic carbocycles. The van der Waals surface area contributed by atoms with Crippen molar-refractivity contribution in [3.63, 3.8) is 0 Å². The number of hydrogen-bond donors (Lipinski definition) is 2. The van der Waals surface area contributed by atoms with Gasteiger partial charge >= 0.3 is 12.0 Å². The molecule has 0 spiro atoms. The maximum Gasteiger partial charge on any atom is 0.337 e. The smallest absolute Gasteiger partial charge is 0.337 e. The largest absolute Gasteiger partial charge is 0.465 e. The van der Waals surface area contributed by atoms with Crippen LogP contribution in [0.4, 0.5) is 10.5 Å². The highest BCUT2D eigenvalue weighted by molar-refractivity contribution is 6.00. The van der Waals surface area contributed by atoms with Crippen LogP contribution in [-0.4, -0.2) is 42.3 Å². The molecule has 7 heteroatoms. The number of rotatable bonds is 3. The average Bonchev–Trinajstić information content (AvgIpc) is 3.14. The number of carbonyl (C=O) groups excluding carboxylic acids is 2. The number of para-hydroxylation sites is 1. The maximum absolute atomic E-state index is 12.9. The first kappa shape index (κ1) is 25.8. The van der Waals surface area contributed by atoms with E-state index in [9.17, 15) is 9.59 Å². The predicted octanol–water partition coefficient (Wildman–Crippen LogP) is 6.51. The molecule has 0 radical (unpaired) electrons. The van der Waals surface area contributed by atoms with Gasteiger partial charge in [-0.3, -0.25) is 0 Å². The summed E-state index contributed by atoms with van der Waals surface area (Å²) in [6, 6.07) is 12.5. The third-order valence-corrected chi connectivity index (χ3v) is 8.63. The summed E-state index contributed by atoms with van der Waals surface area (Å²) in [4.78, 5) is 27.8. The Kier molecular flexibility index (Phi) is 6.56. The van der Waals surface area contributed by atoms with Gasteiger partial charge in [-0.15, -0.1) is 0 Å². The maximum atomic E-state index is 12.9. The highest BCUT2D eigenvalue weighted by atomic mass is 16.5. The topological polar surface area (TPSA) is 75.6 Å². The van der Waals surface area contributed by atoms with Crippen LogP contribution in [0.1, 0.15) is 92.7 Å². The number of anilines is 1. The fourth-order valence-corrected chi connectivity index (χ4v) is 7.02. The quantitative estimate of drug-likeness (QED) is 0.380. The monoisotopic (exact) mass is 528 g/mol. The van der Waals surface area contributed by atoms with Crippen molar-refractivity contribution in [1.82, 2.24) is 15.2 Å². The van der Waals surface area contributed by atoms with E-state index in [2.05, 4.69) is 44.4 Å². The normalized spacial score (nSPS) is 19.2. The van der Waals surface area contributed by atoms with Crippen LogP contribution in [0.3, 0.4) is 0 Å². The van der Waals surface area contributed by atoms with Crippen LogP contribution in [0.15, 0.2) is 36.4 Å². The van der Waals surface area contributed by atoms with Crippen LogP contribution in [0.5, 0.6) is 0 Å². The predicted molar refractivity (Wildman–Crippen MR) is 156 cm³/mol. The van der Waals surface area contributed by atoms with Gasteiger partial charge in [0.15, 0.2) is 0 Å². The van der Waals surface area contributed by atoms with Crippen LogP contribution in [0.25, 0.3) is 22.2 Å². The van der Waals surface area contributed by atoms with Gasteiger partial charge in [0, 0.05) is 41.6 Å². The SMILES string of the molecule is COC(=O)c1ccc2c(C3CCCCC3)c3n(c2c1)CCN1CC[C@@H](NC(=O)NC(C)(C)C)c2cccc-3c21. The van der Waals surface area contributed by atoms with E-state index >= 15 is 0 Å². The lowest BCUT2D eigenvalue weighted by molar-refractivity contribution is 0.0601. The second-order valence-corrected chi connectivity index (χ2v) is 12.4. The molecule has 2 N–H and O–H groups in total. The number of carbonyl (C=O) groups is 2. The van der Waals surface area contributed by atoms with Gasteiger partial charge < -0.3 is 24.8 Å². The van der Waals surface area contributed by atoms with Crippen molar-refractivity contribution < 1.29 is 14.3 Å². The van der Waals surface area contributed by atoms with E-state index in [-0.39, 0.29) is 23.6 Å². The van der Waals surface area contributed by atoms with Crippen molar-refractivity contribution in [3.05, 3.63) is 53.1 Å². The molecule has 3 heterocycles. The summed E-state index contributed by atoms with van der Waals surface area (Å²) in [5, 5.41) is 7.59. The van der Waals surface area contributed by atoms with Crippen molar-refractivity contribution in [2.24, 2.45) is 0 Å². The Morgan fingerprint density at radius 2 is 1.77 bits per heavy atom. The van der Waals surface area contributed by atoms with Crippen molar-refractivity contribution in [1.29, 1.82) is 0 Å². The molecule has 2 amide bonds. The Hall–Kier alpha value is -3.48. The fourth-order valence-electron chi connectivity index (χ4n) is 7.02. The lowest BCUT2D eigenvalue weighted by atomic mass is 9.81. The second kappa shape index (κ2) is 9.92. The lowest BCUT2D eigenvalue weighted by Crippen LogP contribution is -2.48. The Balaban J connectivity index is 1.52. The molecule has 7 nitrogen and oxygen atoms in total. The first-order valence-corrected chi connectivity index (χ1v) is 14.5. The van der Waals surface area contributed by atoms with Gasteiger partial charge in [0.25, 0.3) is 0 Å². The lowest BCUT2D eigenvalue weighted by Gasteiger charge is -2.37. The van der Waals surface area contributed by atoms with E-state index in [0.717, 1.165) is 31.6 Å². The number of fused-ring (bicyclic) bond motifs is 4. The number of urea groups is 1. The molecule has 1 atom stereocenters. The molecule has 206 valence electrons. The minimum absolute atomic E-state index is 0.0430. The van der Waals surface area contributed by atoms with Gasteiger partial charge in [-0.05, 0) is 69.2 Å². The van der Waals surface area contributed by atoms with Gasteiger partial charge in [-0.25, -0.2) is 9.59 Å². The molecule has 6 rings (SSSR count). The minimum Gasteiger partial charge on any atom is -0.465 e. The molecule has 3 aromatic rings. The van der Waals surface area contributed by atoms with E-state index in [1.54, 1.807) is 0 Å². The number of nitrogens with zero attached hydrogens (tertiary/aromatic N) is 2. The summed E-state index contributed by atoms with van der Waals surface area (Å²) < 4.78 is 7.52. The van der Waals surface area contributed by atoms with E-state index < -0.39 is 0 Å². The summed E-state index contributed by atoms with van der Waals surface area (Å²) in [6.45, 7) is 8.62. The number of aromatic nitrogens is 1. The second-order valence-electron chi connectivity index (χ2n) is 12.4. The van der Waals surface area contributed by atoms with E-state index in [4.69, 9.17) is 4.74 Å². The molecule has 1 fully saturated rings. The van der Waals surface area contributed by atoms with Gasteiger partial charge in [0.2, 0.25) is 0 Å². The van der Waals surface area contributed by atoms with Crippen LogP contribution >= 0.6 is 0 Å². The fraction of sp³-hybridized carbons (Fsp3) is 0.500. The number of amides is 2. The van der Waals surface area contributed by atoms with Crippen molar-refractivity contribution in [2.75, 3.05) is 25.1 Å². The number of nitrogens with one attached hydrogen (secondary N) is 2. The molecule has 0 bridgehead atoms. The zero-order chi connectivity index (χ0) is 27.3. The number of hydrogen-bond acceptors (Lipinski definition) is 4. The zero-order valence-corrected chi connectivity index (χ0v) is 23.6. The molecular formula is C32H40N4O3. The van der Waals surface area contributed by atoms with Gasteiger partial charge in [0.1, 0.15) is 0 Å². The van der Waals surface area contributed by atoms with E-state index in [0.29, 0.717) is 11.5 Å². The third kappa shape index (κ3) is 4.66. The third-order valence-electron chi connectivity index (χ3n) is 8.63. The summed E-state index contributed by atoms with van der Waals surface area (Å²) in [7, 11) is 1.44. The van der Waals surface area contributed by atoms with Crippen molar-refractivity contribution in [2.45, 2.75) is 83.3 Å². The Labute approximate surface area is 230 Å². The first-order chi connectivity index (χ1) is 18.7. The van der Waals surface area contributed by atoms with Gasteiger partial charge in [-0.2, -0.15) is 0 Å². The average molecular weight is 529 g/mol. The van der Waals surface area contributed by atoms with Crippen LogP contribution in [0, 0.1) is 0 Å². The molecular weight excluding hydrogens is 488 g/mol. The number of methoxy groups -OCH3 is 1. The first-order valence-electron chi connectivity index (χ1n) is 14.5. The molecule has 39 heavy (non-hydrogen) atoms. The van der Waals surface area contributed by atoms with E-state index in [1.807, 2.05) is 32.9 Å². The standard InChI is InChI=1S/C32H40N4O3/c1-32(2,3)34-31(38)33-25-15-16-35-17-18-36-26-19-21(30(37)39-4)13-14-23(26)27(20-9-6-5-7-10-20)29(36)24-12-8-11-22(25)28(24)35/h8,11-14,19-20,25H,5-7,9-10,15-18H2,1-4H3,(H2,33,34,38)/t25-/m1/s1. The molecule has 1 aromatic heterocycles. The molecule has 1 saturated carbocycles. The van der Waals surface area contributed by atoms with Crippen molar-refractivity contribution in [3.8, 4) is 11.3 Å². The Bertz CT molecular complexity index is 1430. The van der Waals surface area contributed by atoms with Crippen LogP contribution in [-0.2, 0) is 11.3 Å². The number of esters is 1.